The highest BCUT2D eigenvalue weighted by atomic mass is 16.5. The van der Waals surface area contributed by atoms with Gasteiger partial charge >= 0.3 is 0 Å². The molecule has 4 heteroatoms. The van der Waals surface area contributed by atoms with Crippen molar-refractivity contribution in [1.29, 1.82) is 0 Å². The van der Waals surface area contributed by atoms with E-state index in [0.717, 1.165) is 63.6 Å². The van der Waals surface area contributed by atoms with Crippen molar-refractivity contribution in [2.75, 3.05) is 0 Å². The van der Waals surface area contributed by atoms with Gasteiger partial charge in [-0.3, -0.25) is 0 Å². The van der Waals surface area contributed by atoms with E-state index in [1.54, 1.807) is 0 Å². The number of ether oxygens (including phenoxy) is 1. The van der Waals surface area contributed by atoms with Crippen LogP contribution in [0.2, 0.25) is 0 Å². The lowest BCUT2D eigenvalue weighted by molar-refractivity contribution is 0.437. The highest BCUT2D eigenvalue weighted by Gasteiger charge is 2.52. The van der Waals surface area contributed by atoms with E-state index in [4.69, 9.17) is 14.7 Å². The molecular weight excluding hydrogens is 659 g/mol. The standard InChI is InChI=1S/C50H35N3O/c1-2-17-33(18-3-1)47-51-48(39-26-14-19-32-16-4-5-20-34(32)39)53-49(52-47)40-24-7-6-21-35(40)38-25-15-30-44-46(38)54-45-31-13-12-29-43(45)50(44)41-27-10-8-22-36(41)37-23-9-11-28-42(37)50/h1-8,10-22,24-31,48H,9,23H2,(H,51,52,53). The molecule has 2 heterocycles. The first-order valence-electron chi connectivity index (χ1n) is 18.8. The van der Waals surface area contributed by atoms with Gasteiger partial charge in [-0.2, -0.15) is 0 Å². The molecule has 7 aromatic rings. The molecule has 2 atom stereocenters. The summed E-state index contributed by atoms with van der Waals surface area (Å²) in [6.07, 6.45) is 6.44. The second-order valence-corrected chi connectivity index (χ2v) is 14.3. The Morgan fingerprint density at radius 1 is 0.593 bits per heavy atom. The number of allylic oxidation sites excluding steroid dienone is 4. The third-order valence-electron chi connectivity index (χ3n) is 11.5. The first-order valence-corrected chi connectivity index (χ1v) is 18.8. The maximum Gasteiger partial charge on any atom is 0.160 e. The zero-order valence-corrected chi connectivity index (χ0v) is 29.5. The first kappa shape index (κ1) is 30.8. The summed E-state index contributed by atoms with van der Waals surface area (Å²) in [6, 6.07) is 58.0. The fourth-order valence-electron chi connectivity index (χ4n) is 9.24. The van der Waals surface area contributed by atoms with Crippen LogP contribution in [0.25, 0.3) is 27.5 Å². The molecule has 0 radical (unpaired) electrons. The van der Waals surface area contributed by atoms with Crippen molar-refractivity contribution in [1.82, 2.24) is 5.32 Å². The maximum absolute atomic E-state index is 7.08. The summed E-state index contributed by atoms with van der Waals surface area (Å²) in [5.41, 5.74) is 12.4. The van der Waals surface area contributed by atoms with Crippen molar-refractivity contribution in [2.45, 2.75) is 24.4 Å². The first-order chi connectivity index (χ1) is 26.8. The molecule has 0 saturated carbocycles. The van der Waals surface area contributed by atoms with Gasteiger partial charge in [0.1, 0.15) is 23.5 Å². The number of hydrogen-bond donors (Lipinski definition) is 1. The smallest absolute Gasteiger partial charge is 0.160 e. The molecule has 0 fully saturated rings. The van der Waals surface area contributed by atoms with Gasteiger partial charge in [-0.1, -0.05) is 170 Å². The van der Waals surface area contributed by atoms with E-state index in [9.17, 15) is 0 Å². The van der Waals surface area contributed by atoms with Crippen LogP contribution < -0.4 is 10.1 Å². The van der Waals surface area contributed by atoms with Crippen LogP contribution in [0.3, 0.4) is 0 Å². The molecule has 1 N–H and O–H groups in total. The molecule has 0 aromatic heterocycles. The third kappa shape index (κ3) is 4.50. The molecule has 54 heavy (non-hydrogen) atoms. The second kappa shape index (κ2) is 12.1. The molecule has 4 nitrogen and oxygen atoms in total. The maximum atomic E-state index is 7.08. The van der Waals surface area contributed by atoms with Crippen LogP contribution >= 0.6 is 0 Å². The minimum atomic E-state index is -0.498. The van der Waals surface area contributed by atoms with Crippen LogP contribution in [-0.2, 0) is 5.41 Å². The van der Waals surface area contributed by atoms with Crippen molar-refractivity contribution >= 4 is 28.0 Å². The predicted octanol–water partition coefficient (Wildman–Crippen LogP) is 11.6. The molecule has 7 aromatic carbocycles. The van der Waals surface area contributed by atoms with Crippen LogP contribution in [0, 0.1) is 0 Å². The van der Waals surface area contributed by atoms with Crippen molar-refractivity contribution < 1.29 is 4.74 Å². The van der Waals surface area contributed by atoms with E-state index in [0.29, 0.717) is 5.84 Å². The molecule has 2 aliphatic heterocycles. The molecule has 4 aliphatic rings. The highest BCUT2D eigenvalue weighted by Crippen LogP contribution is 2.63. The number of amidine groups is 2. The molecule has 256 valence electrons. The van der Waals surface area contributed by atoms with Crippen molar-refractivity contribution in [3.05, 3.63) is 220 Å². The largest absolute Gasteiger partial charge is 0.456 e. The Morgan fingerprint density at radius 3 is 2.19 bits per heavy atom. The summed E-state index contributed by atoms with van der Waals surface area (Å²) >= 11 is 0. The quantitative estimate of drug-likeness (QED) is 0.199. The number of nitrogens with zero attached hydrogens (tertiary/aromatic N) is 2. The van der Waals surface area contributed by atoms with Gasteiger partial charge in [-0.25, -0.2) is 9.98 Å². The number of para-hydroxylation sites is 2. The average Bonchev–Trinajstić information content (AvgIpc) is 3.54. The van der Waals surface area contributed by atoms with Gasteiger partial charge in [-0.15, -0.1) is 0 Å². The fourth-order valence-corrected chi connectivity index (χ4v) is 9.24. The number of rotatable bonds is 4. The van der Waals surface area contributed by atoms with Crippen molar-refractivity contribution in [2.24, 2.45) is 9.98 Å². The van der Waals surface area contributed by atoms with Crippen LogP contribution in [0.5, 0.6) is 11.5 Å². The Morgan fingerprint density at radius 2 is 1.28 bits per heavy atom. The second-order valence-electron chi connectivity index (χ2n) is 14.3. The minimum Gasteiger partial charge on any atom is -0.456 e. The van der Waals surface area contributed by atoms with Gasteiger partial charge in [0, 0.05) is 33.4 Å². The lowest BCUT2D eigenvalue weighted by atomic mass is 9.64. The van der Waals surface area contributed by atoms with Gasteiger partial charge in [0.05, 0.1) is 5.41 Å². The molecule has 11 rings (SSSR count). The normalized spacial score (nSPS) is 19.2. The SMILES string of the molecule is C1=CC2=C(CC1)c1ccccc1C21c2ccccc2Oc2c(-c3ccccc3C3=NC(c4cccc5ccccc45)NC(c4ccccc4)=N3)cccc21. The summed E-state index contributed by atoms with van der Waals surface area (Å²) in [4.78, 5) is 10.7. The lowest BCUT2D eigenvalue weighted by Gasteiger charge is -2.41. The molecular formula is C50H35N3O. The van der Waals surface area contributed by atoms with E-state index in [-0.39, 0.29) is 6.17 Å². The summed E-state index contributed by atoms with van der Waals surface area (Å²) in [5, 5.41) is 6.04. The monoisotopic (exact) mass is 693 g/mol. The highest BCUT2D eigenvalue weighted by molar-refractivity contribution is 6.15. The van der Waals surface area contributed by atoms with E-state index < -0.39 is 5.41 Å². The summed E-state index contributed by atoms with van der Waals surface area (Å²) in [5.74, 6) is 3.23. The predicted molar refractivity (Wildman–Crippen MR) is 219 cm³/mol. The Labute approximate surface area is 314 Å². The van der Waals surface area contributed by atoms with Gasteiger partial charge in [0.2, 0.25) is 0 Å². The number of hydrogen-bond acceptors (Lipinski definition) is 4. The number of aliphatic imine (C=N–C) groups is 2. The van der Waals surface area contributed by atoms with Crippen LogP contribution in [0.4, 0.5) is 0 Å². The summed E-state index contributed by atoms with van der Waals surface area (Å²) in [6.45, 7) is 0. The van der Waals surface area contributed by atoms with Crippen LogP contribution in [0.1, 0.15) is 58.0 Å². The van der Waals surface area contributed by atoms with Crippen LogP contribution in [-0.4, -0.2) is 11.7 Å². The topological polar surface area (TPSA) is 46.0 Å². The van der Waals surface area contributed by atoms with Gasteiger partial charge in [0.15, 0.2) is 5.84 Å². The van der Waals surface area contributed by atoms with Crippen molar-refractivity contribution in [3.8, 4) is 22.6 Å². The molecule has 2 unspecified atom stereocenters. The number of benzene rings is 7. The van der Waals surface area contributed by atoms with E-state index in [1.165, 1.54) is 38.6 Å². The summed E-state index contributed by atoms with van der Waals surface area (Å²) in [7, 11) is 0. The molecule has 2 aliphatic carbocycles. The lowest BCUT2D eigenvalue weighted by Crippen LogP contribution is -2.34. The van der Waals surface area contributed by atoms with E-state index in [2.05, 4.69) is 175 Å². The van der Waals surface area contributed by atoms with Crippen LogP contribution in [0.15, 0.2) is 192 Å². The molecule has 0 amide bonds. The molecule has 0 saturated heterocycles. The zero-order valence-electron chi connectivity index (χ0n) is 29.5. The van der Waals surface area contributed by atoms with Gasteiger partial charge in [-0.05, 0) is 57.5 Å². The Bertz CT molecular complexity index is 2790. The average molecular weight is 694 g/mol. The Kier molecular flexibility index (Phi) is 6.93. The Hall–Kier alpha value is -6.78. The van der Waals surface area contributed by atoms with Crippen molar-refractivity contribution in [3.63, 3.8) is 0 Å². The third-order valence-corrected chi connectivity index (χ3v) is 11.5. The van der Waals surface area contributed by atoms with E-state index >= 15 is 0 Å². The van der Waals surface area contributed by atoms with Gasteiger partial charge < -0.3 is 10.1 Å². The number of fused-ring (bicyclic) bond motifs is 9. The van der Waals surface area contributed by atoms with Gasteiger partial charge in [0.25, 0.3) is 0 Å². The molecule has 1 spiro atoms. The number of nitrogens with one attached hydrogen (secondary N) is 1. The minimum absolute atomic E-state index is 0.346. The Balaban J connectivity index is 1.14. The fraction of sp³-hybridized carbons (Fsp3) is 0.0800. The van der Waals surface area contributed by atoms with E-state index in [1.807, 2.05) is 6.07 Å². The summed E-state index contributed by atoms with van der Waals surface area (Å²) < 4.78 is 7.08. The molecule has 0 bridgehead atoms. The zero-order chi connectivity index (χ0) is 35.6.